The summed E-state index contributed by atoms with van der Waals surface area (Å²) in [6, 6.07) is 3.45. The number of pyridine rings is 2. The first-order valence-corrected chi connectivity index (χ1v) is 11.3. The molecule has 0 bridgehead atoms. The molecule has 0 aromatic carbocycles. The molecule has 1 N–H and O–H groups in total. The lowest BCUT2D eigenvalue weighted by Gasteiger charge is -2.13. The average molecular weight is 474 g/mol. The first-order chi connectivity index (χ1) is 15.4. The number of anilines is 1. The molecule has 1 aliphatic heterocycles. The molecule has 1 saturated carbocycles. The first-order valence-electron chi connectivity index (χ1n) is 10.1. The molecule has 1 atom stereocenters. The zero-order valence-electron chi connectivity index (χ0n) is 17.4. The Kier molecular flexibility index (Phi) is 5.44. The molecule has 11 heteroatoms. The van der Waals surface area contributed by atoms with Gasteiger partial charge in [0.2, 0.25) is 5.13 Å². The van der Waals surface area contributed by atoms with Crippen LogP contribution < -0.4 is 14.8 Å². The smallest absolute Gasteiger partial charge is 0.296 e. The van der Waals surface area contributed by atoms with E-state index in [1.165, 1.54) is 30.8 Å². The van der Waals surface area contributed by atoms with Crippen molar-refractivity contribution in [3.63, 3.8) is 0 Å². The van der Waals surface area contributed by atoms with Crippen LogP contribution >= 0.6 is 22.9 Å². The van der Waals surface area contributed by atoms with Crippen molar-refractivity contribution in [1.29, 1.82) is 0 Å². The van der Waals surface area contributed by atoms with Gasteiger partial charge in [-0.3, -0.25) is 15.1 Å². The van der Waals surface area contributed by atoms with Crippen LogP contribution in [0.25, 0.3) is 11.1 Å². The topological polar surface area (TPSA) is 108 Å². The highest BCUT2D eigenvalue weighted by Crippen LogP contribution is 2.48. The van der Waals surface area contributed by atoms with Crippen LogP contribution in [0.5, 0.6) is 10.9 Å². The summed E-state index contributed by atoms with van der Waals surface area (Å²) in [6.07, 6.45) is 6.03. The fourth-order valence-electron chi connectivity index (χ4n) is 3.74. The Labute approximate surface area is 193 Å². The van der Waals surface area contributed by atoms with Crippen LogP contribution in [0.1, 0.15) is 35.3 Å². The van der Waals surface area contributed by atoms with Gasteiger partial charge in [0.25, 0.3) is 11.1 Å². The van der Waals surface area contributed by atoms with Gasteiger partial charge in [0.05, 0.1) is 31.1 Å². The largest absolute Gasteiger partial charge is 0.494 e. The summed E-state index contributed by atoms with van der Waals surface area (Å²) in [7, 11) is 1.53. The molecule has 3 aromatic heterocycles. The third kappa shape index (κ3) is 4.25. The van der Waals surface area contributed by atoms with E-state index in [9.17, 15) is 4.79 Å². The molecule has 0 radical (unpaired) electrons. The maximum atomic E-state index is 13.1. The number of nitrogens with one attached hydrogen (secondary N) is 1. The number of methoxy groups -OCH3 is 1. The number of rotatable bonds is 6. The van der Waals surface area contributed by atoms with Crippen molar-refractivity contribution in [1.82, 2.24) is 20.2 Å². The SMILES string of the molecule is COc1cnc(Cl)cc1-c1cc(C)ncc1C(=O)Nc1nnc(O[C@H]2COC3(CC3)C2)s1. The maximum absolute atomic E-state index is 13.1. The number of hydrogen-bond acceptors (Lipinski definition) is 9. The van der Waals surface area contributed by atoms with E-state index in [4.69, 9.17) is 25.8 Å². The van der Waals surface area contributed by atoms with Gasteiger partial charge in [-0.2, -0.15) is 0 Å². The highest BCUT2D eigenvalue weighted by atomic mass is 35.5. The third-order valence-electron chi connectivity index (χ3n) is 5.51. The van der Waals surface area contributed by atoms with E-state index in [0.717, 1.165) is 25.0 Å². The van der Waals surface area contributed by atoms with Crippen LogP contribution in [-0.2, 0) is 4.74 Å². The molecule has 166 valence electrons. The zero-order chi connectivity index (χ0) is 22.3. The fraction of sp³-hybridized carbons (Fsp3) is 0.381. The van der Waals surface area contributed by atoms with Crippen LogP contribution in [0.3, 0.4) is 0 Å². The van der Waals surface area contributed by atoms with Crippen molar-refractivity contribution in [3.05, 3.63) is 40.9 Å². The van der Waals surface area contributed by atoms with Crippen LogP contribution in [0.4, 0.5) is 5.13 Å². The molecule has 0 unspecified atom stereocenters. The second kappa shape index (κ2) is 8.27. The predicted molar refractivity (Wildman–Crippen MR) is 119 cm³/mol. The Balaban J connectivity index is 1.35. The van der Waals surface area contributed by atoms with Gasteiger partial charge in [0.1, 0.15) is 17.0 Å². The van der Waals surface area contributed by atoms with E-state index in [1.54, 1.807) is 12.1 Å². The number of hydrogen-bond donors (Lipinski definition) is 1. The summed E-state index contributed by atoms with van der Waals surface area (Å²) in [5.41, 5.74) is 2.37. The van der Waals surface area contributed by atoms with Gasteiger partial charge in [-0.05, 0) is 43.2 Å². The number of nitrogens with zero attached hydrogens (tertiary/aromatic N) is 4. The lowest BCUT2D eigenvalue weighted by molar-refractivity contribution is 0.0783. The van der Waals surface area contributed by atoms with Gasteiger partial charge in [-0.25, -0.2) is 4.98 Å². The van der Waals surface area contributed by atoms with Gasteiger partial charge in [0, 0.05) is 29.4 Å². The Morgan fingerprint density at radius 3 is 2.84 bits per heavy atom. The number of ether oxygens (including phenoxy) is 3. The molecule has 1 spiro atoms. The van der Waals surface area contributed by atoms with E-state index in [1.807, 2.05) is 6.92 Å². The summed E-state index contributed by atoms with van der Waals surface area (Å²) < 4.78 is 17.1. The third-order valence-corrected chi connectivity index (χ3v) is 6.44. The van der Waals surface area contributed by atoms with Gasteiger partial charge in [0.15, 0.2) is 0 Å². The average Bonchev–Trinajstić information content (AvgIpc) is 3.20. The molecule has 32 heavy (non-hydrogen) atoms. The molecule has 1 amide bonds. The molecular weight excluding hydrogens is 454 g/mol. The Morgan fingerprint density at radius 1 is 1.25 bits per heavy atom. The van der Waals surface area contributed by atoms with E-state index in [0.29, 0.717) is 39.4 Å². The Morgan fingerprint density at radius 2 is 2.09 bits per heavy atom. The maximum Gasteiger partial charge on any atom is 0.296 e. The molecule has 3 aromatic rings. The monoisotopic (exact) mass is 473 g/mol. The first kappa shape index (κ1) is 21.0. The number of halogens is 1. The summed E-state index contributed by atoms with van der Waals surface area (Å²) >= 11 is 7.27. The van der Waals surface area contributed by atoms with Crippen molar-refractivity contribution in [2.75, 3.05) is 19.0 Å². The minimum atomic E-state index is -0.383. The van der Waals surface area contributed by atoms with Crippen LogP contribution in [0, 0.1) is 6.92 Å². The number of amides is 1. The summed E-state index contributed by atoms with van der Waals surface area (Å²) in [4.78, 5) is 21.4. The number of carbonyl (C=O) groups is 1. The van der Waals surface area contributed by atoms with Crippen molar-refractivity contribution in [2.45, 2.75) is 37.9 Å². The van der Waals surface area contributed by atoms with Crippen molar-refractivity contribution in [2.24, 2.45) is 0 Å². The number of aromatic nitrogens is 4. The van der Waals surface area contributed by atoms with Gasteiger partial charge >= 0.3 is 0 Å². The normalized spacial score (nSPS) is 18.5. The van der Waals surface area contributed by atoms with Crippen LogP contribution in [-0.4, -0.2) is 51.5 Å². The Bertz CT molecular complexity index is 1180. The highest BCUT2D eigenvalue weighted by molar-refractivity contribution is 7.17. The molecular formula is C21H20ClN5O4S. The quantitative estimate of drug-likeness (QED) is 0.536. The highest BCUT2D eigenvalue weighted by Gasteiger charge is 2.51. The molecule has 2 fully saturated rings. The van der Waals surface area contributed by atoms with E-state index in [-0.39, 0.29) is 22.8 Å². The molecule has 2 aliphatic rings. The van der Waals surface area contributed by atoms with Crippen molar-refractivity contribution < 1.29 is 19.0 Å². The molecule has 1 saturated heterocycles. The summed E-state index contributed by atoms with van der Waals surface area (Å²) in [6.45, 7) is 2.39. The number of aryl methyl sites for hydroxylation is 1. The van der Waals surface area contributed by atoms with Gasteiger partial charge in [-0.1, -0.05) is 16.7 Å². The van der Waals surface area contributed by atoms with E-state index >= 15 is 0 Å². The summed E-state index contributed by atoms with van der Waals surface area (Å²) in [5, 5.41) is 11.9. The predicted octanol–water partition coefficient (Wildman–Crippen LogP) is 3.92. The van der Waals surface area contributed by atoms with E-state index in [2.05, 4.69) is 25.5 Å². The zero-order valence-corrected chi connectivity index (χ0v) is 19.0. The fourth-order valence-corrected chi connectivity index (χ4v) is 4.55. The van der Waals surface area contributed by atoms with Crippen LogP contribution in [0.15, 0.2) is 24.5 Å². The lowest BCUT2D eigenvalue weighted by atomic mass is 10.0. The van der Waals surface area contributed by atoms with E-state index < -0.39 is 0 Å². The van der Waals surface area contributed by atoms with Crippen molar-refractivity contribution >= 4 is 34.0 Å². The molecule has 4 heterocycles. The second-order valence-electron chi connectivity index (χ2n) is 7.84. The number of carbonyl (C=O) groups excluding carboxylic acids is 1. The van der Waals surface area contributed by atoms with Gasteiger partial charge < -0.3 is 14.2 Å². The molecule has 1 aliphatic carbocycles. The second-order valence-corrected chi connectivity index (χ2v) is 9.17. The molecule has 5 rings (SSSR count). The standard InChI is InChI=1S/C21H20ClN5O4S/c1-11-5-13(14-6-17(22)24-9-16(14)29-2)15(8-23-11)18(28)25-19-26-27-20(32-19)31-12-7-21(3-4-21)30-10-12/h5-6,8-9,12H,3-4,7,10H2,1-2H3,(H,25,26,28)/t12-/m1/s1. The Hall–Kier alpha value is -2.82. The minimum Gasteiger partial charge on any atom is -0.494 e. The lowest BCUT2D eigenvalue weighted by Crippen LogP contribution is -2.16. The van der Waals surface area contributed by atoms with Crippen molar-refractivity contribution in [3.8, 4) is 22.1 Å². The van der Waals surface area contributed by atoms with Crippen LogP contribution in [0.2, 0.25) is 5.15 Å². The summed E-state index contributed by atoms with van der Waals surface area (Å²) in [5.74, 6) is 0.110. The molecule has 9 nitrogen and oxygen atoms in total. The van der Waals surface area contributed by atoms with Gasteiger partial charge in [-0.15, -0.1) is 5.10 Å². The minimum absolute atomic E-state index is 0.0259.